The maximum absolute atomic E-state index is 5.28. The lowest BCUT2D eigenvalue weighted by Crippen LogP contribution is -2.00. The summed E-state index contributed by atoms with van der Waals surface area (Å²) >= 11 is 0. The molecule has 5 nitrogen and oxygen atoms in total. The maximum Gasteiger partial charge on any atom is 0.164 e. The van der Waals surface area contributed by atoms with Crippen LogP contribution in [0.4, 0.5) is 0 Å². The van der Waals surface area contributed by atoms with Gasteiger partial charge in [-0.25, -0.2) is 24.9 Å². The van der Waals surface area contributed by atoms with Crippen LogP contribution in [0.5, 0.6) is 0 Å². The molecular weight excluding hydrogens is 803 g/mol. The first-order valence-corrected chi connectivity index (χ1v) is 22.1. The second-order valence-corrected chi connectivity index (χ2v) is 16.1. The highest BCUT2D eigenvalue weighted by molar-refractivity contribution is 5.82. The van der Waals surface area contributed by atoms with Crippen LogP contribution in [0, 0.1) is 0 Å². The molecule has 0 aliphatic heterocycles. The van der Waals surface area contributed by atoms with Gasteiger partial charge < -0.3 is 0 Å². The lowest BCUT2D eigenvalue weighted by atomic mass is 9.95. The van der Waals surface area contributed by atoms with Gasteiger partial charge in [0.15, 0.2) is 23.3 Å². The van der Waals surface area contributed by atoms with Crippen LogP contribution in [-0.2, 0) is 0 Å². The van der Waals surface area contributed by atoms with E-state index in [0.717, 1.165) is 89.3 Å². The maximum atomic E-state index is 5.28. The second-order valence-electron chi connectivity index (χ2n) is 16.1. The number of benzene rings is 9. The zero-order valence-corrected chi connectivity index (χ0v) is 35.9. The van der Waals surface area contributed by atoms with Gasteiger partial charge in [0.1, 0.15) is 0 Å². The number of hydrogen-bond donors (Lipinski definition) is 0. The lowest BCUT2D eigenvalue weighted by molar-refractivity contribution is 1.07. The molecule has 5 heteroatoms. The fraction of sp³-hybridized carbons (Fsp3) is 0. The molecule has 0 fully saturated rings. The largest absolute Gasteiger partial charge is 0.228 e. The summed E-state index contributed by atoms with van der Waals surface area (Å²) in [4.78, 5) is 25.6. The SMILES string of the molecule is c1ccc(-c2cc(-c3ccccc3)cc(-c3nc(-c4ccccc4)cc(-c4ccc(-c5cccc(-c6nc(-c7ccccc7)nc(-c7cccc(-c8ccccc8)c7)n6)c5)cc4)n3)c2)cc1. The van der Waals surface area contributed by atoms with Crippen LogP contribution in [0.2, 0.25) is 0 Å². The van der Waals surface area contributed by atoms with Gasteiger partial charge in [0.05, 0.1) is 11.4 Å². The molecule has 0 aliphatic carbocycles. The summed E-state index contributed by atoms with van der Waals surface area (Å²) in [5.74, 6) is 2.51. The molecule has 11 aromatic rings. The third-order valence-electron chi connectivity index (χ3n) is 11.7. The number of hydrogen-bond acceptors (Lipinski definition) is 5. The average Bonchev–Trinajstić information content (AvgIpc) is 3.42. The predicted octanol–water partition coefficient (Wildman–Crippen LogP) is 15.3. The Labute approximate surface area is 384 Å². The molecule has 0 unspecified atom stereocenters. The van der Waals surface area contributed by atoms with Crippen LogP contribution < -0.4 is 0 Å². The zero-order valence-electron chi connectivity index (χ0n) is 35.9. The highest BCUT2D eigenvalue weighted by Crippen LogP contribution is 2.36. The number of nitrogens with zero attached hydrogens (tertiary/aromatic N) is 5. The Hall–Kier alpha value is -8.93. The van der Waals surface area contributed by atoms with Gasteiger partial charge in [-0.3, -0.25) is 0 Å². The minimum absolute atomic E-state index is 0.608. The first kappa shape index (κ1) is 39.9. The Balaban J connectivity index is 0.967. The van der Waals surface area contributed by atoms with E-state index in [2.05, 4.69) is 182 Å². The molecule has 310 valence electrons. The van der Waals surface area contributed by atoms with Gasteiger partial charge >= 0.3 is 0 Å². The van der Waals surface area contributed by atoms with E-state index in [9.17, 15) is 0 Å². The molecule has 0 aliphatic rings. The minimum atomic E-state index is 0.608. The summed E-state index contributed by atoms with van der Waals surface area (Å²) in [6.45, 7) is 0. The average molecular weight is 844 g/mol. The molecule has 0 N–H and O–H groups in total. The number of rotatable bonds is 10. The van der Waals surface area contributed by atoms with E-state index < -0.39 is 0 Å². The Bertz CT molecular complexity index is 3370. The molecular formula is C61H41N5. The smallest absolute Gasteiger partial charge is 0.164 e. The van der Waals surface area contributed by atoms with Gasteiger partial charge in [-0.1, -0.05) is 212 Å². The molecule has 0 spiro atoms. The zero-order chi connectivity index (χ0) is 44.1. The summed E-state index contributed by atoms with van der Waals surface area (Å²) in [5, 5.41) is 0. The molecule has 0 atom stereocenters. The molecule has 0 amide bonds. The van der Waals surface area contributed by atoms with E-state index >= 15 is 0 Å². The van der Waals surface area contributed by atoms with Crippen molar-refractivity contribution in [3.8, 4) is 113 Å². The van der Waals surface area contributed by atoms with Gasteiger partial charge in [-0.15, -0.1) is 0 Å². The molecule has 0 saturated carbocycles. The fourth-order valence-electron chi connectivity index (χ4n) is 8.32. The highest BCUT2D eigenvalue weighted by atomic mass is 15.0. The van der Waals surface area contributed by atoms with E-state index in [1.807, 2.05) is 66.7 Å². The van der Waals surface area contributed by atoms with Crippen LogP contribution in [0.1, 0.15) is 0 Å². The lowest BCUT2D eigenvalue weighted by Gasteiger charge is -2.13. The van der Waals surface area contributed by atoms with E-state index in [0.29, 0.717) is 23.3 Å². The number of aromatic nitrogens is 5. The Morgan fingerprint density at radius 3 is 0.879 bits per heavy atom. The molecule has 0 saturated heterocycles. The van der Waals surface area contributed by atoms with E-state index in [1.54, 1.807) is 0 Å². The minimum Gasteiger partial charge on any atom is -0.228 e. The molecule has 2 heterocycles. The fourth-order valence-corrected chi connectivity index (χ4v) is 8.32. The van der Waals surface area contributed by atoms with E-state index in [1.165, 1.54) is 0 Å². The van der Waals surface area contributed by atoms with Crippen LogP contribution in [0.25, 0.3) is 113 Å². The van der Waals surface area contributed by atoms with Crippen LogP contribution >= 0.6 is 0 Å². The molecule has 11 rings (SSSR count). The second kappa shape index (κ2) is 18.0. The van der Waals surface area contributed by atoms with E-state index in [4.69, 9.17) is 24.9 Å². The first-order valence-electron chi connectivity index (χ1n) is 22.1. The van der Waals surface area contributed by atoms with Crippen molar-refractivity contribution in [2.45, 2.75) is 0 Å². The standard InChI is InChI=1S/C61H41N5/c1-6-18-42(19-7-1)49-28-16-30-51(36-49)59-64-58(48-26-14-5-15-27-48)65-60(66-59)52-31-17-29-50(37-52)45-32-34-47(35-33-45)57-41-56(46-24-12-4-13-25-46)62-61(63-57)55-39-53(43-20-8-2-9-21-43)38-54(40-55)44-22-10-3-11-23-44/h1-41H. The molecule has 66 heavy (non-hydrogen) atoms. The van der Waals surface area contributed by atoms with Gasteiger partial charge in [-0.05, 0) is 80.9 Å². The van der Waals surface area contributed by atoms with Crippen molar-refractivity contribution in [2.75, 3.05) is 0 Å². The molecule has 9 aromatic carbocycles. The van der Waals surface area contributed by atoms with E-state index in [-0.39, 0.29) is 0 Å². The van der Waals surface area contributed by atoms with Crippen molar-refractivity contribution in [2.24, 2.45) is 0 Å². The van der Waals surface area contributed by atoms with Crippen LogP contribution in [0.3, 0.4) is 0 Å². The van der Waals surface area contributed by atoms with Crippen LogP contribution in [0.15, 0.2) is 249 Å². The van der Waals surface area contributed by atoms with Crippen molar-refractivity contribution >= 4 is 0 Å². The third kappa shape index (κ3) is 8.57. The Morgan fingerprint density at radius 2 is 0.424 bits per heavy atom. The van der Waals surface area contributed by atoms with Crippen molar-refractivity contribution in [3.05, 3.63) is 249 Å². The van der Waals surface area contributed by atoms with Crippen molar-refractivity contribution in [1.29, 1.82) is 0 Å². The summed E-state index contributed by atoms with van der Waals surface area (Å²) in [6, 6.07) is 85.9. The monoisotopic (exact) mass is 843 g/mol. The quantitative estimate of drug-likeness (QED) is 0.137. The van der Waals surface area contributed by atoms with Crippen LogP contribution in [-0.4, -0.2) is 24.9 Å². The predicted molar refractivity (Wildman–Crippen MR) is 270 cm³/mol. The van der Waals surface area contributed by atoms with Crippen molar-refractivity contribution in [1.82, 2.24) is 24.9 Å². The van der Waals surface area contributed by atoms with Gasteiger partial charge in [0, 0.05) is 33.4 Å². The summed E-state index contributed by atoms with van der Waals surface area (Å²) in [7, 11) is 0. The van der Waals surface area contributed by atoms with Gasteiger partial charge in [0.2, 0.25) is 0 Å². The van der Waals surface area contributed by atoms with Crippen molar-refractivity contribution in [3.63, 3.8) is 0 Å². The van der Waals surface area contributed by atoms with Gasteiger partial charge in [0.25, 0.3) is 0 Å². The molecule has 0 bridgehead atoms. The molecule has 2 aromatic heterocycles. The third-order valence-corrected chi connectivity index (χ3v) is 11.7. The summed E-state index contributed by atoms with van der Waals surface area (Å²) in [5.41, 5.74) is 16.3. The Kier molecular flexibility index (Phi) is 10.9. The molecule has 0 radical (unpaired) electrons. The highest BCUT2D eigenvalue weighted by Gasteiger charge is 2.16. The van der Waals surface area contributed by atoms with Crippen molar-refractivity contribution < 1.29 is 0 Å². The van der Waals surface area contributed by atoms with Gasteiger partial charge in [-0.2, -0.15) is 0 Å². The summed E-state index contributed by atoms with van der Waals surface area (Å²) in [6.07, 6.45) is 0. The topological polar surface area (TPSA) is 64.5 Å². The normalized spacial score (nSPS) is 11.0. The Morgan fingerprint density at radius 1 is 0.152 bits per heavy atom. The summed E-state index contributed by atoms with van der Waals surface area (Å²) < 4.78 is 0. The first-order chi connectivity index (χ1) is 32.7.